The van der Waals surface area contributed by atoms with Crippen LogP contribution >= 0.6 is 16.2 Å². The molecule has 1 aromatic heterocycles. The van der Waals surface area contributed by atoms with Crippen molar-refractivity contribution >= 4 is 97.1 Å². The molecule has 0 aliphatic carbocycles. The van der Waals surface area contributed by atoms with Crippen LogP contribution in [0.25, 0.3) is 76.2 Å². The molecule has 0 amide bonds. The molecule has 11 aromatic rings. The third-order valence-corrected chi connectivity index (χ3v) is 15.5. The van der Waals surface area contributed by atoms with Crippen LogP contribution in [0, 0.1) is 0 Å². The third kappa shape index (κ3) is 6.66. The smallest absolute Gasteiger partial charge is 0.390 e. The van der Waals surface area contributed by atoms with Crippen molar-refractivity contribution in [2.24, 2.45) is 0 Å². The second-order valence-electron chi connectivity index (χ2n) is 15.5. The first kappa shape index (κ1) is 37.4. The monoisotopic (exact) mass is 824 g/mol. The maximum absolute atomic E-state index is 7.26. The van der Waals surface area contributed by atoms with Crippen molar-refractivity contribution in [2.75, 3.05) is 0 Å². The van der Waals surface area contributed by atoms with Crippen molar-refractivity contribution in [1.29, 1.82) is 0 Å². The summed E-state index contributed by atoms with van der Waals surface area (Å²) >= 11 is 0. The average molecular weight is 825 g/mol. The maximum atomic E-state index is 7.26. The van der Waals surface area contributed by atoms with E-state index in [0.29, 0.717) is 5.75 Å². The fourth-order valence-corrected chi connectivity index (χ4v) is 12.7. The van der Waals surface area contributed by atoms with E-state index in [-0.39, 0.29) is 0 Å². The Labute approximate surface area is 357 Å². The largest absolute Gasteiger partial charge is 0.453 e. The van der Waals surface area contributed by atoms with Crippen LogP contribution in [-0.4, -0.2) is 0 Å². The van der Waals surface area contributed by atoms with E-state index in [1.807, 2.05) is 0 Å². The van der Waals surface area contributed by atoms with Gasteiger partial charge < -0.3 is 12.9 Å². The van der Waals surface area contributed by atoms with Gasteiger partial charge in [0, 0.05) is 21.9 Å². The summed E-state index contributed by atoms with van der Waals surface area (Å²) in [6.07, 6.45) is 1.94. The van der Waals surface area contributed by atoms with E-state index < -0.39 is 16.2 Å². The SMILES string of the molecule is CCc1cccc(P(c2cccc(CC)c2)c2ccc3ccccc3c2-c2c(Op3oc4ccc5ccccc5c4c4c(ccc5ccccc54)o3)ccc3ccccc23)c1. The molecule has 294 valence electrons. The first-order valence-corrected chi connectivity index (χ1v) is 23.5. The zero-order chi connectivity index (χ0) is 40.9. The summed E-state index contributed by atoms with van der Waals surface area (Å²) in [7, 11) is -3.00. The topological polar surface area (TPSA) is 35.5 Å². The molecule has 0 fully saturated rings. The van der Waals surface area contributed by atoms with E-state index in [9.17, 15) is 0 Å². The predicted molar refractivity (Wildman–Crippen MR) is 262 cm³/mol. The minimum absolute atomic E-state index is 0.716. The highest BCUT2D eigenvalue weighted by atomic mass is 31.1. The van der Waals surface area contributed by atoms with E-state index in [1.165, 1.54) is 43.4 Å². The van der Waals surface area contributed by atoms with Crippen molar-refractivity contribution in [3.05, 3.63) is 205 Å². The minimum atomic E-state index is -1.98. The summed E-state index contributed by atoms with van der Waals surface area (Å²) in [5, 5.41) is 15.1. The van der Waals surface area contributed by atoms with Crippen LogP contribution in [0.3, 0.4) is 0 Å². The molecular formula is C56H42O3P2. The molecule has 1 heterocycles. The van der Waals surface area contributed by atoms with E-state index >= 15 is 0 Å². The van der Waals surface area contributed by atoms with Gasteiger partial charge in [0.15, 0.2) is 0 Å². The Morgan fingerprint density at radius 3 is 1.39 bits per heavy atom. The van der Waals surface area contributed by atoms with Crippen molar-refractivity contribution in [1.82, 2.24) is 0 Å². The highest BCUT2D eigenvalue weighted by Gasteiger charge is 2.27. The Morgan fingerprint density at radius 2 is 0.869 bits per heavy atom. The maximum Gasteiger partial charge on any atom is 0.453 e. The number of hydrogen-bond donors (Lipinski definition) is 0. The molecule has 0 radical (unpaired) electrons. The second kappa shape index (κ2) is 15.8. The molecule has 11 rings (SSSR count). The zero-order valence-electron chi connectivity index (χ0n) is 34.0. The van der Waals surface area contributed by atoms with Gasteiger partial charge in [-0.3, -0.25) is 0 Å². The molecule has 61 heavy (non-hydrogen) atoms. The minimum Gasteiger partial charge on any atom is -0.390 e. The highest BCUT2D eigenvalue weighted by Crippen LogP contribution is 2.49. The first-order valence-electron chi connectivity index (χ1n) is 21.0. The Balaban J connectivity index is 1.22. The average Bonchev–Trinajstić information content (AvgIpc) is 3.48. The van der Waals surface area contributed by atoms with Crippen LogP contribution in [0.15, 0.2) is 203 Å². The molecule has 5 heteroatoms. The fraction of sp³-hybridized carbons (Fsp3) is 0.0714. The first-order chi connectivity index (χ1) is 30.1. The third-order valence-electron chi connectivity index (χ3n) is 12.0. The standard InChI is InChI=1S/C56H42O3P2/c1-3-37-15-13-21-43(35-37)60(44-22-14-16-38(4-2)36-44)52-34-30-42-20-8-12-26-48(42)56(52)55-47-25-11-7-19-41(47)29-33-51(55)59-61-57-49-31-27-39-17-5-9-23-45(39)53(49)54-46-24-10-6-18-40(46)28-32-50(54)58-61/h5-36H,3-4H2,1-2H3. The molecular weight excluding hydrogens is 783 g/mol. The molecule has 0 unspecified atom stereocenters. The molecule has 0 N–H and O–H groups in total. The summed E-state index contributed by atoms with van der Waals surface area (Å²) in [5.41, 5.74) is 6.35. The molecule has 0 spiro atoms. The Kier molecular flexibility index (Phi) is 9.66. The van der Waals surface area contributed by atoms with Crippen LogP contribution in [0.4, 0.5) is 0 Å². The number of hydrogen-bond acceptors (Lipinski definition) is 3. The summed E-state index contributed by atoms with van der Waals surface area (Å²) in [6.45, 7) is 4.48. The van der Waals surface area contributed by atoms with Gasteiger partial charge in [0.1, 0.15) is 16.9 Å². The fourth-order valence-electron chi connectivity index (χ4n) is 9.02. The lowest BCUT2D eigenvalue weighted by Crippen LogP contribution is -2.23. The van der Waals surface area contributed by atoms with Crippen LogP contribution < -0.4 is 20.4 Å². The van der Waals surface area contributed by atoms with Crippen molar-refractivity contribution in [3.63, 3.8) is 0 Å². The molecule has 3 nitrogen and oxygen atoms in total. The lowest BCUT2D eigenvalue weighted by Gasteiger charge is -2.26. The van der Waals surface area contributed by atoms with Gasteiger partial charge in [-0.05, 0) is 109 Å². The van der Waals surface area contributed by atoms with Gasteiger partial charge in [-0.15, -0.1) is 0 Å². The van der Waals surface area contributed by atoms with E-state index in [4.69, 9.17) is 12.9 Å². The van der Waals surface area contributed by atoms with Gasteiger partial charge in [0.25, 0.3) is 0 Å². The number of rotatable bonds is 8. The summed E-state index contributed by atoms with van der Waals surface area (Å²) in [6, 6.07) is 70.2. The van der Waals surface area contributed by atoms with Gasteiger partial charge in [-0.25, -0.2) is 0 Å². The van der Waals surface area contributed by atoms with Crippen LogP contribution in [0.1, 0.15) is 25.0 Å². The predicted octanol–water partition coefficient (Wildman–Crippen LogP) is 15.3. The Morgan fingerprint density at radius 1 is 0.426 bits per heavy atom. The molecule has 0 bridgehead atoms. The van der Waals surface area contributed by atoms with Crippen molar-refractivity contribution < 1.29 is 12.9 Å². The Bertz CT molecular complexity index is 3370. The molecule has 0 atom stereocenters. The number of benzene rings is 10. The summed E-state index contributed by atoms with van der Waals surface area (Å²) < 4.78 is 21.2. The van der Waals surface area contributed by atoms with E-state index in [1.54, 1.807) is 0 Å². The summed E-state index contributed by atoms with van der Waals surface area (Å²) in [4.78, 5) is 0. The number of fused-ring (bicyclic) bond motifs is 9. The molecule has 10 aromatic carbocycles. The zero-order valence-corrected chi connectivity index (χ0v) is 35.8. The second-order valence-corrected chi connectivity index (χ2v) is 18.7. The molecule has 0 aliphatic rings. The van der Waals surface area contributed by atoms with Crippen LogP contribution in [0.2, 0.25) is 0 Å². The van der Waals surface area contributed by atoms with Crippen molar-refractivity contribution in [3.8, 4) is 16.9 Å². The van der Waals surface area contributed by atoms with Gasteiger partial charge in [0.05, 0.1) is 0 Å². The van der Waals surface area contributed by atoms with Gasteiger partial charge >= 0.3 is 8.24 Å². The van der Waals surface area contributed by atoms with E-state index in [2.05, 4.69) is 208 Å². The molecule has 0 saturated carbocycles. The normalized spacial score (nSPS) is 11.7. The van der Waals surface area contributed by atoms with Gasteiger partial charge in [-0.1, -0.05) is 190 Å². The summed E-state index contributed by atoms with van der Waals surface area (Å²) in [5.74, 6) is 0.716. The highest BCUT2D eigenvalue weighted by molar-refractivity contribution is 7.80. The van der Waals surface area contributed by atoms with Gasteiger partial charge in [0.2, 0.25) is 0 Å². The quantitative estimate of drug-likeness (QED) is 0.143. The molecule has 0 aliphatic heterocycles. The van der Waals surface area contributed by atoms with Crippen LogP contribution in [0.5, 0.6) is 5.75 Å². The van der Waals surface area contributed by atoms with Crippen LogP contribution in [-0.2, 0) is 12.8 Å². The molecule has 0 saturated heterocycles. The van der Waals surface area contributed by atoms with Crippen molar-refractivity contribution in [2.45, 2.75) is 26.7 Å². The lowest BCUT2D eigenvalue weighted by atomic mass is 9.93. The Hall–Kier alpha value is -6.63. The lowest BCUT2D eigenvalue weighted by molar-refractivity contribution is 0.500. The van der Waals surface area contributed by atoms with Gasteiger partial charge in [-0.2, -0.15) is 0 Å². The van der Waals surface area contributed by atoms with E-state index in [0.717, 1.165) is 72.7 Å². The number of aryl methyl sites for hydroxylation is 2.